The molecule has 0 atom stereocenters. The topological polar surface area (TPSA) is 78.8 Å². The maximum Gasteiger partial charge on any atom is 0.255 e. The average molecular weight is 253 g/mol. The van der Waals surface area contributed by atoms with Crippen LogP contribution in [0.15, 0.2) is 18.2 Å². The van der Waals surface area contributed by atoms with Gasteiger partial charge in [0.15, 0.2) is 11.5 Å². The van der Waals surface area contributed by atoms with Gasteiger partial charge < -0.3 is 20.3 Å². The SMILES string of the molecule is CCCCOCCNC(=O)c1cccc(O)c1O. The highest BCUT2D eigenvalue weighted by atomic mass is 16.5. The lowest BCUT2D eigenvalue weighted by atomic mass is 10.1. The Morgan fingerprint density at radius 3 is 2.83 bits per heavy atom. The lowest BCUT2D eigenvalue weighted by Crippen LogP contribution is -2.27. The Labute approximate surface area is 106 Å². The maximum absolute atomic E-state index is 11.7. The molecular formula is C13H19NO4. The zero-order valence-corrected chi connectivity index (χ0v) is 10.5. The van der Waals surface area contributed by atoms with Gasteiger partial charge in [-0.1, -0.05) is 19.4 Å². The van der Waals surface area contributed by atoms with Crippen LogP contribution in [-0.2, 0) is 4.74 Å². The molecule has 0 saturated heterocycles. The van der Waals surface area contributed by atoms with Crippen molar-refractivity contribution >= 4 is 5.91 Å². The molecule has 0 spiro atoms. The number of phenolic OH excluding ortho intramolecular Hbond substituents is 2. The number of ether oxygens (including phenoxy) is 1. The van der Waals surface area contributed by atoms with Crippen molar-refractivity contribution in [3.05, 3.63) is 23.8 Å². The van der Waals surface area contributed by atoms with Gasteiger partial charge in [0.05, 0.1) is 12.2 Å². The molecule has 1 rings (SSSR count). The van der Waals surface area contributed by atoms with Crippen LogP contribution in [0.5, 0.6) is 11.5 Å². The highest BCUT2D eigenvalue weighted by Gasteiger charge is 2.12. The van der Waals surface area contributed by atoms with Gasteiger partial charge in [0, 0.05) is 13.2 Å². The van der Waals surface area contributed by atoms with Crippen LogP contribution in [0, 0.1) is 0 Å². The Balaban J connectivity index is 2.35. The first-order valence-corrected chi connectivity index (χ1v) is 6.03. The molecule has 1 aromatic rings. The predicted molar refractivity (Wildman–Crippen MR) is 67.8 cm³/mol. The van der Waals surface area contributed by atoms with Gasteiger partial charge in [0.25, 0.3) is 5.91 Å². The number of amides is 1. The minimum Gasteiger partial charge on any atom is -0.504 e. The van der Waals surface area contributed by atoms with Gasteiger partial charge in [-0.2, -0.15) is 0 Å². The molecule has 5 nitrogen and oxygen atoms in total. The molecule has 0 aliphatic rings. The number of aromatic hydroxyl groups is 2. The summed E-state index contributed by atoms with van der Waals surface area (Å²) < 4.78 is 5.29. The molecule has 0 bridgehead atoms. The molecule has 0 aliphatic heterocycles. The number of hydrogen-bond acceptors (Lipinski definition) is 4. The molecule has 0 saturated carbocycles. The van der Waals surface area contributed by atoms with Crippen LogP contribution in [0.4, 0.5) is 0 Å². The van der Waals surface area contributed by atoms with E-state index >= 15 is 0 Å². The fourth-order valence-electron chi connectivity index (χ4n) is 1.39. The van der Waals surface area contributed by atoms with Gasteiger partial charge in [0.2, 0.25) is 0 Å². The van der Waals surface area contributed by atoms with Crippen LogP contribution in [-0.4, -0.2) is 35.9 Å². The van der Waals surface area contributed by atoms with E-state index < -0.39 is 11.7 Å². The number of para-hydroxylation sites is 1. The van der Waals surface area contributed by atoms with Crippen LogP contribution in [0.25, 0.3) is 0 Å². The van der Waals surface area contributed by atoms with E-state index in [1.54, 1.807) is 0 Å². The molecule has 1 aromatic carbocycles. The van der Waals surface area contributed by atoms with E-state index in [1.807, 2.05) is 0 Å². The van der Waals surface area contributed by atoms with Crippen molar-refractivity contribution < 1.29 is 19.7 Å². The van der Waals surface area contributed by atoms with Crippen molar-refractivity contribution in [3.8, 4) is 11.5 Å². The second-order valence-corrected chi connectivity index (χ2v) is 3.90. The monoisotopic (exact) mass is 253 g/mol. The minimum atomic E-state index is -0.428. The summed E-state index contributed by atoms with van der Waals surface area (Å²) in [6.07, 6.45) is 2.07. The molecular weight excluding hydrogens is 234 g/mol. The third-order valence-electron chi connectivity index (χ3n) is 2.43. The zero-order chi connectivity index (χ0) is 13.4. The second kappa shape index (κ2) is 7.55. The number of benzene rings is 1. The summed E-state index contributed by atoms with van der Waals surface area (Å²) in [5.74, 6) is -1.13. The number of carbonyl (C=O) groups excluding carboxylic acids is 1. The lowest BCUT2D eigenvalue weighted by molar-refractivity contribution is 0.0909. The van der Waals surface area contributed by atoms with E-state index in [2.05, 4.69) is 12.2 Å². The zero-order valence-electron chi connectivity index (χ0n) is 10.5. The maximum atomic E-state index is 11.7. The molecule has 0 fully saturated rings. The predicted octanol–water partition coefficient (Wildman–Crippen LogP) is 1.64. The van der Waals surface area contributed by atoms with Crippen molar-refractivity contribution in [1.82, 2.24) is 5.32 Å². The summed E-state index contributed by atoms with van der Waals surface area (Å²) in [5, 5.41) is 21.4. The number of carbonyl (C=O) groups is 1. The first kappa shape index (κ1) is 14.3. The van der Waals surface area contributed by atoms with Gasteiger partial charge in [-0.3, -0.25) is 4.79 Å². The highest BCUT2D eigenvalue weighted by Crippen LogP contribution is 2.27. The molecule has 5 heteroatoms. The van der Waals surface area contributed by atoms with Crippen molar-refractivity contribution in [1.29, 1.82) is 0 Å². The summed E-state index contributed by atoms with van der Waals surface area (Å²) in [6.45, 7) is 3.57. The largest absolute Gasteiger partial charge is 0.504 e. The normalized spacial score (nSPS) is 10.3. The van der Waals surface area contributed by atoms with E-state index in [-0.39, 0.29) is 11.3 Å². The van der Waals surface area contributed by atoms with E-state index in [9.17, 15) is 15.0 Å². The number of phenols is 2. The third-order valence-corrected chi connectivity index (χ3v) is 2.43. The fraction of sp³-hybridized carbons (Fsp3) is 0.462. The third kappa shape index (κ3) is 4.25. The molecule has 0 aromatic heterocycles. The van der Waals surface area contributed by atoms with Gasteiger partial charge in [-0.25, -0.2) is 0 Å². The van der Waals surface area contributed by atoms with E-state index in [0.29, 0.717) is 19.8 Å². The van der Waals surface area contributed by atoms with Crippen molar-refractivity contribution in [2.75, 3.05) is 19.8 Å². The van der Waals surface area contributed by atoms with Crippen LogP contribution in [0.3, 0.4) is 0 Å². The molecule has 0 aliphatic carbocycles. The van der Waals surface area contributed by atoms with Crippen LogP contribution in [0.2, 0.25) is 0 Å². The molecule has 0 radical (unpaired) electrons. The number of hydrogen-bond donors (Lipinski definition) is 3. The first-order chi connectivity index (χ1) is 8.66. The number of unbranched alkanes of at least 4 members (excludes halogenated alkanes) is 1. The summed E-state index contributed by atoms with van der Waals surface area (Å²) in [7, 11) is 0. The fourth-order valence-corrected chi connectivity index (χ4v) is 1.39. The summed E-state index contributed by atoms with van der Waals surface area (Å²) in [4.78, 5) is 11.7. The highest BCUT2D eigenvalue weighted by molar-refractivity contribution is 5.97. The Hall–Kier alpha value is -1.75. The van der Waals surface area contributed by atoms with Gasteiger partial charge in [-0.05, 0) is 18.6 Å². The Morgan fingerprint density at radius 2 is 2.11 bits per heavy atom. The van der Waals surface area contributed by atoms with Crippen LogP contribution >= 0.6 is 0 Å². The Bertz CT molecular complexity index is 393. The Kier molecular flexibility index (Phi) is 6.00. The number of nitrogens with one attached hydrogen (secondary N) is 1. The summed E-state index contributed by atoms with van der Waals surface area (Å²) in [6, 6.07) is 4.27. The van der Waals surface area contributed by atoms with Gasteiger partial charge in [-0.15, -0.1) is 0 Å². The standard InChI is InChI=1S/C13H19NO4/c1-2-3-8-18-9-7-14-13(17)10-5-4-6-11(15)12(10)16/h4-6,15-16H,2-3,7-9H2,1H3,(H,14,17). The summed E-state index contributed by atoms with van der Waals surface area (Å²) in [5.41, 5.74) is 0.0589. The van der Waals surface area contributed by atoms with E-state index in [1.165, 1.54) is 18.2 Å². The molecule has 1 amide bonds. The van der Waals surface area contributed by atoms with Crippen molar-refractivity contribution in [3.63, 3.8) is 0 Å². The number of rotatable bonds is 7. The molecule has 18 heavy (non-hydrogen) atoms. The van der Waals surface area contributed by atoms with Crippen LogP contribution in [0.1, 0.15) is 30.1 Å². The smallest absolute Gasteiger partial charge is 0.255 e. The van der Waals surface area contributed by atoms with Crippen molar-refractivity contribution in [2.45, 2.75) is 19.8 Å². The van der Waals surface area contributed by atoms with Gasteiger partial charge >= 0.3 is 0 Å². The minimum absolute atomic E-state index is 0.0589. The average Bonchev–Trinajstić information content (AvgIpc) is 2.36. The summed E-state index contributed by atoms with van der Waals surface area (Å²) >= 11 is 0. The quantitative estimate of drug-likeness (QED) is 0.510. The van der Waals surface area contributed by atoms with Crippen LogP contribution < -0.4 is 5.32 Å². The van der Waals surface area contributed by atoms with Gasteiger partial charge in [0.1, 0.15) is 0 Å². The first-order valence-electron chi connectivity index (χ1n) is 6.03. The molecule has 0 unspecified atom stereocenters. The van der Waals surface area contributed by atoms with Crippen molar-refractivity contribution in [2.24, 2.45) is 0 Å². The molecule has 100 valence electrons. The second-order valence-electron chi connectivity index (χ2n) is 3.90. The Morgan fingerprint density at radius 1 is 1.33 bits per heavy atom. The van der Waals surface area contributed by atoms with E-state index in [0.717, 1.165) is 12.8 Å². The lowest BCUT2D eigenvalue weighted by Gasteiger charge is -2.08. The molecule has 3 N–H and O–H groups in total. The molecule has 0 heterocycles. The van der Waals surface area contributed by atoms with E-state index in [4.69, 9.17) is 4.74 Å².